The smallest absolute Gasteiger partial charge is 0.233 e. The molecule has 8 heteroatoms. The maximum atomic E-state index is 14.7. The summed E-state index contributed by atoms with van der Waals surface area (Å²) in [5.74, 6) is -0.187. The van der Waals surface area contributed by atoms with Gasteiger partial charge >= 0.3 is 0 Å². The summed E-state index contributed by atoms with van der Waals surface area (Å²) in [6.45, 7) is 4.29. The van der Waals surface area contributed by atoms with E-state index < -0.39 is 5.82 Å². The molecule has 3 N–H and O–H groups in total. The summed E-state index contributed by atoms with van der Waals surface area (Å²) < 4.78 is 20.3. The molecule has 2 aromatic heterocycles. The van der Waals surface area contributed by atoms with Crippen LogP contribution in [0.15, 0.2) is 29.7 Å². The average molecular weight is 343 g/mol. The van der Waals surface area contributed by atoms with Gasteiger partial charge in [0.05, 0.1) is 6.21 Å². The van der Waals surface area contributed by atoms with Crippen molar-refractivity contribution in [2.75, 3.05) is 12.3 Å². The Hall–Kier alpha value is -3.16. The number of hydrogen-bond acceptors (Lipinski definition) is 6. The number of ether oxygens (including phenoxy) is 1. The van der Waals surface area contributed by atoms with Gasteiger partial charge in [0.2, 0.25) is 5.88 Å². The van der Waals surface area contributed by atoms with Crippen molar-refractivity contribution >= 4 is 22.9 Å². The fraction of sp³-hybridized carbons (Fsp3) is 0.235. The molecule has 0 aliphatic rings. The zero-order valence-corrected chi connectivity index (χ0v) is 13.9. The Kier molecular flexibility index (Phi) is 4.78. The van der Waals surface area contributed by atoms with Gasteiger partial charge in [-0.2, -0.15) is 0 Å². The number of benzene rings is 1. The van der Waals surface area contributed by atoms with Crippen molar-refractivity contribution in [3.63, 3.8) is 0 Å². The van der Waals surface area contributed by atoms with Crippen molar-refractivity contribution in [1.29, 1.82) is 0 Å². The zero-order valence-electron chi connectivity index (χ0n) is 13.9. The van der Waals surface area contributed by atoms with Crippen LogP contribution in [0.1, 0.15) is 24.6 Å². The van der Waals surface area contributed by atoms with Crippen LogP contribution in [-0.4, -0.2) is 27.8 Å². The van der Waals surface area contributed by atoms with Crippen molar-refractivity contribution < 1.29 is 14.0 Å². The van der Waals surface area contributed by atoms with Crippen LogP contribution in [0.5, 0.6) is 11.6 Å². The molecule has 25 heavy (non-hydrogen) atoms. The maximum absolute atomic E-state index is 14.7. The Morgan fingerprint density at radius 1 is 1.36 bits per heavy atom. The number of aryl methyl sites for hydroxylation is 1. The number of halogens is 1. The number of fused-ring (bicyclic) bond motifs is 1. The minimum Gasteiger partial charge on any atom is -0.435 e. The number of aromatic nitrogens is 3. The molecular weight excluding hydrogens is 325 g/mol. The molecule has 0 atom stereocenters. The molecule has 130 valence electrons. The van der Waals surface area contributed by atoms with Crippen molar-refractivity contribution in [3.05, 3.63) is 41.6 Å². The maximum Gasteiger partial charge on any atom is 0.233 e. The van der Waals surface area contributed by atoms with Crippen LogP contribution >= 0.6 is 0 Å². The largest absolute Gasteiger partial charge is 0.435 e. The summed E-state index contributed by atoms with van der Waals surface area (Å²) in [5, 5.41) is 4.25. The summed E-state index contributed by atoms with van der Waals surface area (Å²) >= 11 is 0. The molecular formula is C17H18FN5O2. The fourth-order valence-electron chi connectivity index (χ4n) is 2.30. The molecule has 0 radical (unpaired) electrons. The van der Waals surface area contributed by atoms with Crippen LogP contribution in [0.25, 0.3) is 10.9 Å². The van der Waals surface area contributed by atoms with Gasteiger partial charge in [-0.25, -0.2) is 14.4 Å². The van der Waals surface area contributed by atoms with Gasteiger partial charge in [-0.05, 0) is 31.5 Å². The first-order valence-corrected chi connectivity index (χ1v) is 7.81. The lowest BCUT2D eigenvalue weighted by atomic mass is 10.2. The number of nitrogens with one attached hydrogen (secondary N) is 1. The summed E-state index contributed by atoms with van der Waals surface area (Å²) in [7, 11) is 0. The number of nitrogens with zero attached hydrogens (tertiary/aromatic N) is 3. The SMILES string of the molecule is CCCON=Cc1c(N)ncnc1Oc1ccc2[nH]c(C)cc2c1F. The third-order valence-corrected chi connectivity index (χ3v) is 3.47. The molecule has 0 amide bonds. The summed E-state index contributed by atoms with van der Waals surface area (Å²) in [6, 6.07) is 4.98. The minimum atomic E-state index is -0.482. The van der Waals surface area contributed by atoms with Crippen LogP contribution < -0.4 is 10.5 Å². The highest BCUT2D eigenvalue weighted by molar-refractivity contribution is 5.88. The summed E-state index contributed by atoms with van der Waals surface area (Å²) in [6.07, 6.45) is 3.42. The second kappa shape index (κ2) is 7.16. The van der Waals surface area contributed by atoms with Gasteiger partial charge < -0.3 is 20.3 Å². The molecule has 0 saturated carbocycles. The molecule has 0 aliphatic heterocycles. The summed E-state index contributed by atoms with van der Waals surface area (Å²) in [5.41, 5.74) is 7.72. The van der Waals surface area contributed by atoms with Crippen LogP contribution in [0.4, 0.5) is 10.2 Å². The van der Waals surface area contributed by atoms with Gasteiger partial charge in [0, 0.05) is 16.6 Å². The van der Waals surface area contributed by atoms with E-state index in [9.17, 15) is 4.39 Å². The van der Waals surface area contributed by atoms with Gasteiger partial charge in [-0.1, -0.05) is 12.1 Å². The lowest BCUT2D eigenvalue weighted by Crippen LogP contribution is -2.03. The number of rotatable bonds is 6. The number of nitrogens with two attached hydrogens (primary N) is 1. The standard InChI is InChI=1S/C17H18FN5O2/c1-3-6-24-22-8-12-16(19)20-9-21-17(12)25-14-5-4-13-11(15(14)18)7-10(2)23-13/h4-5,7-9,23H,3,6H2,1-2H3,(H2,19,20,21). The van der Waals surface area contributed by atoms with Gasteiger partial charge in [-0.3, -0.25) is 0 Å². The van der Waals surface area contributed by atoms with Gasteiger partial charge in [-0.15, -0.1) is 0 Å². The topological polar surface area (TPSA) is 98.4 Å². The van der Waals surface area contributed by atoms with Gasteiger partial charge in [0.15, 0.2) is 11.6 Å². The summed E-state index contributed by atoms with van der Waals surface area (Å²) in [4.78, 5) is 16.1. The number of H-pyrrole nitrogens is 1. The number of oxime groups is 1. The van der Waals surface area contributed by atoms with Gasteiger partial charge in [0.1, 0.15) is 24.3 Å². The Bertz CT molecular complexity index is 923. The third kappa shape index (κ3) is 3.52. The average Bonchev–Trinajstić information content (AvgIpc) is 2.97. The molecule has 0 fully saturated rings. The molecule has 7 nitrogen and oxygen atoms in total. The van der Waals surface area contributed by atoms with E-state index in [-0.39, 0.29) is 17.4 Å². The molecule has 3 aromatic rings. The molecule has 0 aliphatic carbocycles. The quantitative estimate of drug-likeness (QED) is 0.405. The molecule has 0 bridgehead atoms. The van der Waals surface area contributed by atoms with E-state index in [1.807, 2.05) is 13.8 Å². The normalized spacial score (nSPS) is 11.3. The fourth-order valence-corrected chi connectivity index (χ4v) is 2.30. The Balaban J connectivity index is 1.94. The number of nitrogen functional groups attached to an aromatic ring is 1. The van der Waals surface area contributed by atoms with Crippen molar-refractivity contribution in [3.8, 4) is 11.6 Å². The van der Waals surface area contributed by atoms with E-state index in [0.29, 0.717) is 23.1 Å². The molecule has 0 unspecified atom stereocenters. The van der Waals surface area contributed by atoms with E-state index in [1.165, 1.54) is 18.6 Å². The van der Waals surface area contributed by atoms with Crippen LogP contribution in [0, 0.1) is 12.7 Å². The van der Waals surface area contributed by atoms with Crippen molar-refractivity contribution in [2.24, 2.45) is 5.16 Å². The minimum absolute atomic E-state index is 0.0359. The highest BCUT2D eigenvalue weighted by Crippen LogP contribution is 2.31. The predicted octanol–water partition coefficient (Wildman–Crippen LogP) is 3.54. The molecule has 2 heterocycles. The first-order chi connectivity index (χ1) is 12.1. The van der Waals surface area contributed by atoms with Crippen LogP contribution in [0.2, 0.25) is 0 Å². The van der Waals surface area contributed by atoms with E-state index >= 15 is 0 Å². The third-order valence-electron chi connectivity index (χ3n) is 3.47. The second-order valence-electron chi connectivity index (χ2n) is 5.44. The van der Waals surface area contributed by atoms with Gasteiger partial charge in [0.25, 0.3) is 0 Å². The lowest BCUT2D eigenvalue weighted by molar-refractivity contribution is 0.146. The van der Waals surface area contributed by atoms with E-state index in [4.69, 9.17) is 15.3 Å². The van der Waals surface area contributed by atoms with Crippen LogP contribution in [-0.2, 0) is 4.84 Å². The zero-order chi connectivity index (χ0) is 17.8. The number of anilines is 1. The monoisotopic (exact) mass is 343 g/mol. The lowest BCUT2D eigenvalue weighted by Gasteiger charge is -2.09. The Morgan fingerprint density at radius 3 is 3.00 bits per heavy atom. The molecule has 3 rings (SSSR count). The highest BCUT2D eigenvalue weighted by atomic mass is 19.1. The molecule has 1 aromatic carbocycles. The number of aromatic amines is 1. The van der Waals surface area contributed by atoms with Crippen LogP contribution in [0.3, 0.4) is 0 Å². The number of hydrogen-bond donors (Lipinski definition) is 2. The van der Waals surface area contributed by atoms with E-state index in [1.54, 1.807) is 12.1 Å². The van der Waals surface area contributed by atoms with Crippen molar-refractivity contribution in [1.82, 2.24) is 15.0 Å². The molecule has 0 saturated heterocycles. The van der Waals surface area contributed by atoms with E-state index in [2.05, 4.69) is 20.1 Å². The Morgan fingerprint density at radius 2 is 2.20 bits per heavy atom. The van der Waals surface area contributed by atoms with E-state index in [0.717, 1.165) is 12.1 Å². The first kappa shape index (κ1) is 16.7. The highest BCUT2D eigenvalue weighted by Gasteiger charge is 2.15. The molecule has 0 spiro atoms. The Labute approximate surface area is 143 Å². The first-order valence-electron chi connectivity index (χ1n) is 7.81. The second-order valence-corrected chi connectivity index (χ2v) is 5.44. The predicted molar refractivity (Wildman–Crippen MR) is 93.3 cm³/mol. The van der Waals surface area contributed by atoms with Crippen molar-refractivity contribution in [2.45, 2.75) is 20.3 Å².